The van der Waals surface area contributed by atoms with Crippen molar-refractivity contribution in [1.29, 1.82) is 0 Å². The molecule has 13 nitrogen and oxygen atoms in total. The lowest BCUT2D eigenvalue weighted by Gasteiger charge is -2.21. The molecule has 0 spiro atoms. The van der Waals surface area contributed by atoms with Gasteiger partial charge >= 0.3 is 25.0 Å². The van der Waals surface area contributed by atoms with Crippen LogP contribution in [0.1, 0.15) is 56.8 Å². The smallest absolute Gasteiger partial charge is 0.465 e. The molecule has 242 valence electrons. The highest BCUT2D eigenvalue weighted by atomic mass is 33.1. The van der Waals surface area contributed by atoms with Crippen molar-refractivity contribution in [2.75, 3.05) is 30.0 Å². The fraction of sp³-hybridized carbons (Fsp3) is 0.448. The molecule has 1 atom stereocenters. The number of anilines is 1. The van der Waals surface area contributed by atoms with E-state index in [1.165, 1.54) is 58.0 Å². The molecule has 0 aliphatic carbocycles. The second-order valence-electron chi connectivity index (χ2n) is 10.6. The quantitative estimate of drug-likeness (QED) is 0.0296. The molecular formula is C29H37BN4O9S2. The number of nitrogens with one attached hydrogen (secondary N) is 1. The van der Waals surface area contributed by atoms with E-state index in [1.54, 1.807) is 32.9 Å². The number of carbonyl (C=O) groups is 4. The molecule has 0 fully saturated rings. The van der Waals surface area contributed by atoms with E-state index in [0.717, 1.165) is 0 Å². The highest BCUT2D eigenvalue weighted by molar-refractivity contribution is 8.76. The third-order valence-corrected chi connectivity index (χ3v) is 8.14. The minimum atomic E-state index is -1.64. The molecule has 16 heteroatoms. The third kappa shape index (κ3) is 15.7. The van der Waals surface area contributed by atoms with Crippen molar-refractivity contribution in [3.05, 3.63) is 64.5 Å². The van der Waals surface area contributed by atoms with Gasteiger partial charge in [-0.05, 0) is 68.9 Å². The number of nitrogens with zero attached hydrogens (tertiary/aromatic N) is 3. The van der Waals surface area contributed by atoms with Gasteiger partial charge in [0.2, 0.25) is 5.91 Å². The van der Waals surface area contributed by atoms with Crippen molar-refractivity contribution in [2.24, 2.45) is 11.0 Å². The first-order valence-electron chi connectivity index (χ1n) is 14.1. The average Bonchev–Trinajstić information content (AvgIpc) is 2.97. The van der Waals surface area contributed by atoms with Gasteiger partial charge in [0.05, 0.1) is 24.5 Å². The SMILES string of the molecule is CC(C)(C)OC(=O)CC(CSSCCOC(=O)c1ccc(N=[N+]=[N-])cc1)C(=O)OCCCCC(=O)Nc1cccc(B(O)O)c1. The number of carbonyl (C=O) groups excluding carboxylic acids is 4. The van der Waals surface area contributed by atoms with Gasteiger partial charge in [0.15, 0.2) is 0 Å². The van der Waals surface area contributed by atoms with Gasteiger partial charge in [0.25, 0.3) is 0 Å². The summed E-state index contributed by atoms with van der Waals surface area (Å²) >= 11 is 0. The Labute approximate surface area is 269 Å². The van der Waals surface area contributed by atoms with Gasteiger partial charge in [-0.3, -0.25) is 14.4 Å². The maximum absolute atomic E-state index is 12.8. The molecule has 3 N–H and O–H groups in total. The van der Waals surface area contributed by atoms with Gasteiger partial charge in [-0.15, -0.1) is 0 Å². The number of hydrogen-bond acceptors (Lipinski definition) is 12. The molecule has 0 saturated heterocycles. The second-order valence-corrected chi connectivity index (χ2v) is 13.3. The van der Waals surface area contributed by atoms with Gasteiger partial charge in [0, 0.05) is 34.2 Å². The molecule has 0 heterocycles. The first-order chi connectivity index (χ1) is 21.4. The van der Waals surface area contributed by atoms with Crippen LogP contribution in [-0.2, 0) is 28.6 Å². The molecule has 45 heavy (non-hydrogen) atoms. The average molecular weight is 661 g/mol. The van der Waals surface area contributed by atoms with E-state index in [0.29, 0.717) is 35.5 Å². The number of azide groups is 1. The molecule has 0 saturated carbocycles. The molecule has 2 rings (SSSR count). The van der Waals surface area contributed by atoms with Crippen LogP contribution in [0.3, 0.4) is 0 Å². The number of unbranched alkanes of at least 4 members (excludes halogenated alkanes) is 1. The normalized spacial score (nSPS) is 11.5. The Balaban J connectivity index is 1.75. The lowest BCUT2D eigenvalue weighted by molar-refractivity contribution is -0.161. The highest BCUT2D eigenvalue weighted by Gasteiger charge is 2.27. The minimum absolute atomic E-state index is 0.0702. The molecule has 2 aromatic rings. The van der Waals surface area contributed by atoms with E-state index in [1.807, 2.05) is 0 Å². The van der Waals surface area contributed by atoms with Crippen molar-refractivity contribution in [3.8, 4) is 0 Å². The molecular weight excluding hydrogens is 623 g/mol. The Morgan fingerprint density at radius 1 is 1.02 bits per heavy atom. The first kappa shape index (κ1) is 37.5. The van der Waals surface area contributed by atoms with Crippen LogP contribution in [0.2, 0.25) is 0 Å². The summed E-state index contributed by atoms with van der Waals surface area (Å²) < 4.78 is 16.0. The van der Waals surface area contributed by atoms with Crippen LogP contribution in [-0.4, -0.2) is 71.3 Å². The number of amides is 1. The predicted molar refractivity (Wildman–Crippen MR) is 174 cm³/mol. The monoisotopic (exact) mass is 660 g/mol. The van der Waals surface area contributed by atoms with Gasteiger partial charge in [0.1, 0.15) is 12.2 Å². The van der Waals surface area contributed by atoms with E-state index in [2.05, 4.69) is 15.3 Å². The van der Waals surface area contributed by atoms with E-state index in [9.17, 15) is 29.2 Å². The Morgan fingerprint density at radius 3 is 2.42 bits per heavy atom. The van der Waals surface area contributed by atoms with Gasteiger partial charge < -0.3 is 29.6 Å². The Kier molecular flexibility index (Phi) is 16.4. The number of ether oxygens (including phenoxy) is 3. The lowest BCUT2D eigenvalue weighted by Crippen LogP contribution is -2.30. The van der Waals surface area contributed by atoms with E-state index in [4.69, 9.17) is 19.7 Å². The molecule has 1 unspecified atom stereocenters. The largest absolute Gasteiger partial charge is 0.488 e. The van der Waals surface area contributed by atoms with Gasteiger partial charge in [-0.1, -0.05) is 51.0 Å². The fourth-order valence-corrected chi connectivity index (χ4v) is 5.75. The van der Waals surface area contributed by atoms with E-state index >= 15 is 0 Å². The number of benzene rings is 2. The van der Waals surface area contributed by atoms with Crippen molar-refractivity contribution in [1.82, 2.24) is 0 Å². The Morgan fingerprint density at radius 2 is 1.76 bits per heavy atom. The zero-order valence-electron chi connectivity index (χ0n) is 25.3. The van der Waals surface area contributed by atoms with Crippen LogP contribution in [0.5, 0.6) is 0 Å². The van der Waals surface area contributed by atoms with Crippen LogP contribution in [0, 0.1) is 5.92 Å². The van der Waals surface area contributed by atoms with Crippen molar-refractivity contribution in [3.63, 3.8) is 0 Å². The second kappa shape index (κ2) is 19.6. The summed E-state index contributed by atoms with van der Waals surface area (Å²) in [5, 5.41) is 24.7. The van der Waals surface area contributed by atoms with E-state index in [-0.39, 0.29) is 43.2 Å². The van der Waals surface area contributed by atoms with Crippen molar-refractivity contribution >= 4 is 69.4 Å². The standard InChI is InChI=1S/C29H37BN4O9S2/c1-29(2,3)43-26(36)17-21(19-45-44-16-15-42-27(37)20-10-12-23(13-11-20)33-34-31)28(38)41-14-5-4-9-25(35)32-24-8-6-7-22(18-24)30(39)40/h6-8,10-13,18,21,39-40H,4-5,9,14-17,19H2,1-3H3,(H,32,35). The summed E-state index contributed by atoms with van der Waals surface area (Å²) in [6.07, 6.45) is 0.881. The molecule has 1 amide bonds. The summed E-state index contributed by atoms with van der Waals surface area (Å²) in [7, 11) is 1.08. The summed E-state index contributed by atoms with van der Waals surface area (Å²) in [5.41, 5.74) is 9.15. The molecule has 0 aliphatic heterocycles. The van der Waals surface area contributed by atoms with Gasteiger partial charge in [-0.2, -0.15) is 0 Å². The topological polar surface area (TPSA) is 197 Å². The van der Waals surface area contributed by atoms with Crippen LogP contribution >= 0.6 is 21.6 Å². The molecule has 0 radical (unpaired) electrons. The van der Waals surface area contributed by atoms with Crippen LogP contribution in [0.25, 0.3) is 10.4 Å². The third-order valence-electron chi connectivity index (χ3n) is 5.69. The minimum Gasteiger partial charge on any atom is -0.465 e. The summed E-state index contributed by atoms with van der Waals surface area (Å²) in [6.45, 7) is 5.41. The Hall–Kier alpha value is -3.69. The molecule has 0 aromatic heterocycles. The van der Waals surface area contributed by atoms with Crippen molar-refractivity contribution in [2.45, 2.75) is 52.1 Å². The van der Waals surface area contributed by atoms with Crippen molar-refractivity contribution < 1.29 is 43.4 Å². The number of esters is 3. The summed E-state index contributed by atoms with van der Waals surface area (Å²) in [6, 6.07) is 12.2. The maximum Gasteiger partial charge on any atom is 0.488 e. The van der Waals surface area contributed by atoms with Crippen LogP contribution < -0.4 is 10.8 Å². The first-order valence-corrected chi connectivity index (χ1v) is 16.6. The zero-order chi connectivity index (χ0) is 33.2. The maximum atomic E-state index is 12.8. The van der Waals surface area contributed by atoms with Crippen LogP contribution in [0.15, 0.2) is 53.6 Å². The predicted octanol–water partition coefficient (Wildman–Crippen LogP) is 4.55. The summed E-state index contributed by atoms with van der Waals surface area (Å²) in [5.74, 6) is -1.91. The Bertz CT molecular complexity index is 1330. The fourth-order valence-electron chi connectivity index (χ4n) is 3.63. The number of rotatable bonds is 18. The zero-order valence-corrected chi connectivity index (χ0v) is 27.0. The number of hydrogen-bond donors (Lipinski definition) is 3. The lowest BCUT2D eigenvalue weighted by atomic mass is 9.80. The summed E-state index contributed by atoms with van der Waals surface area (Å²) in [4.78, 5) is 52.4. The van der Waals surface area contributed by atoms with Gasteiger partial charge in [-0.25, -0.2) is 4.79 Å². The molecule has 2 aromatic carbocycles. The molecule has 0 aliphatic rings. The highest BCUT2D eigenvalue weighted by Crippen LogP contribution is 2.27. The molecule has 0 bridgehead atoms. The van der Waals surface area contributed by atoms with Crippen LogP contribution in [0.4, 0.5) is 11.4 Å². The van der Waals surface area contributed by atoms with E-state index < -0.39 is 36.5 Å².